The minimum Gasteiger partial charge on any atom is -0.490 e. The summed E-state index contributed by atoms with van der Waals surface area (Å²) in [5, 5.41) is 2.72. The van der Waals surface area contributed by atoms with Gasteiger partial charge in [0.25, 0.3) is 0 Å². The Balaban J connectivity index is 2.36. The van der Waals surface area contributed by atoms with E-state index in [1.54, 1.807) is 25.1 Å². The lowest BCUT2D eigenvalue weighted by molar-refractivity contribution is -0.138. The van der Waals surface area contributed by atoms with E-state index in [2.05, 4.69) is 5.32 Å². The molecule has 1 aromatic rings. The Hall–Kier alpha value is -2.30. The number of nitrogens with one attached hydrogen (secondary N) is 1. The maximum atomic E-state index is 11.8. The van der Waals surface area contributed by atoms with Gasteiger partial charge in [0.2, 0.25) is 5.91 Å². The molecule has 0 atom stereocenters. The van der Waals surface area contributed by atoms with Crippen molar-refractivity contribution in [1.82, 2.24) is 0 Å². The van der Waals surface area contributed by atoms with Crippen LogP contribution in [0.1, 0.15) is 25.8 Å². The summed E-state index contributed by atoms with van der Waals surface area (Å²) in [6.07, 6.45) is 2.23. The highest BCUT2D eigenvalue weighted by molar-refractivity contribution is 5.96. The highest BCUT2D eigenvalue weighted by Gasteiger charge is 2.18. The Kier molecular flexibility index (Phi) is 4.40. The van der Waals surface area contributed by atoms with E-state index in [0.29, 0.717) is 36.6 Å². The van der Waals surface area contributed by atoms with Crippen LogP contribution in [0, 0.1) is 0 Å². The standard InChI is InChI=1S/C15H17NO4/c1-3-19-15(18)12-7-8-20-14-11(9-12)5-4-6-13(14)16-10(2)17/h4-6,9H,3,7-8H2,1-2H3,(H,16,17). The Morgan fingerprint density at radius 3 is 2.90 bits per heavy atom. The number of benzene rings is 1. The predicted octanol–water partition coefficient (Wildman–Crippen LogP) is 2.37. The molecule has 1 heterocycles. The summed E-state index contributed by atoms with van der Waals surface area (Å²) in [6, 6.07) is 5.41. The summed E-state index contributed by atoms with van der Waals surface area (Å²) in [6.45, 7) is 3.93. The number of anilines is 1. The van der Waals surface area contributed by atoms with Crippen molar-refractivity contribution in [3.63, 3.8) is 0 Å². The topological polar surface area (TPSA) is 64.6 Å². The average Bonchev–Trinajstić information content (AvgIpc) is 2.61. The zero-order valence-electron chi connectivity index (χ0n) is 11.6. The van der Waals surface area contributed by atoms with E-state index < -0.39 is 0 Å². The third-order valence-electron chi connectivity index (χ3n) is 2.84. The van der Waals surface area contributed by atoms with Crippen LogP contribution in [0.3, 0.4) is 0 Å². The van der Waals surface area contributed by atoms with Crippen molar-refractivity contribution in [2.75, 3.05) is 18.5 Å². The van der Waals surface area contributed by atoms with Crippen LogP contribution >= 0.6 is 0 Å². The largest absolute Gasteiger partial charge is 0.490 e. The fourth-order valence-electron chi connectivity index (χ4n) is 2.03. The molecule has 0 radical (unpaired) electrons. The first-order chi connectivity index (χ1) is 9.61. The van der Waals surface area contributed by atoms with Crippen LogP contribution in [0.2, 0.25) is 0 Å². The lowest BCUT2D eigenvalue weighted by atomic mass is 10.1. The first kappa shape index (κ1) is 14.1. The zero-order valence-corrected chi connectivity index (χ0v) is 11.6. The Morgan fingerprint density at radius 2 is 2.20 bits per heavy atom. The summed E-state index contributed by atoms with van der Waals surface area (Å²) >= 11 is 0. The van der Waals surface area contributed by atoms with Crippen molar-refractivity contribution in [2.45, 2.75) is 20.3 Å². The van der Waals surface area contributed by atoms with Gasteiger partial charge in [-0.05, 0) is 19.1 Å². The van der Waals surface area contributed by atoms with Crippen LogP contribution in [-0.2, 0) is 14.3 Å². The van der Waals surface area contributed by atoms with Crippen molar-refractivity contribution in [3.8, 4) is 5.75 Å². The third kappa shape index (κ3) is 3.17. The molecule has 2 rings (SSSR count). The molecule has 5 heteroatoms. The number of hydrogen-bond acceptors (Lipinski definition) is 4. The number of rotatable bonds is 3. The first-order valence-electron chi connectivity index (χ1n) is 6.53. The van der Waals surface area contributed by atoms with Gasteiger partial charge in [0.15, 0.2) is 0 Å². The van der Waals surface area contributed by atoms with Gasteiger partial charge in [-0.25, -0.2) is 4.79 Å². The normalized spacial score (nSPS) is 13.4. The van der Waals surface area contributed by atoms with Crippen molar-refractivity contribution in [3.05, 3.63) is 29.3 Å². The Morgan fingerprint density at radius 1 is 1.40 bits per heavy atom. The SMILES string of the molecule is CCOC(=O)C1=Cc2cccc(NC(C)=O)c2OCC1. The lowest BCUT2D eigenvalue weighted by Crippen LogP contribution is -2.10. The molecule has 1 amide bonds. The van der Waals surface area contributed by atoms with Crippen LogP contribution in [-0.4, -0.2) is 25.1 Å². The second-order valence-electron chi connectivity index (χ2n) is 4.39. The highest BCUT2D eigenvalue weighted by Crippen LogP contribution is 2.33. The number of amides is 1. The summed E-state index contributed by atoms with van der Waals surface area (Å²) < 4.78 is 10.7. The van der Waals surface area contributed by atoms with Crippen LogP contribution in [0.4, 0.5) is 5.69 Å². The number of ether oxygens (including phenoxy) is 2. The van der Waals surface area contributed by atoms with E-state index in [-0.39, 0.29) is 11.9 Å². The van der Waals surface area contributed by atoms with E-state index in [4.69, 9.17) is 9.47 Å². The van der Waals surface area contributed by atoms with Gasteiger partial charge in [-0.3, -0.25) is 4.79 Å². The number of para-hydroxylation sites is 1. The highest BCUT2D eigenvalue weighted by atomic mass is 16.5. The van der Waals surface area contributed by atoms with Crippen LogP contribution < -0.4 is 10.1 Å². The lowest BCUT2D eigenvalue weighted by Gasteiger charge is -2.12. The van der Waals surface area contributed by atoms with E-state index >= 15 is 0 Å². The predicted molar refractivity (Wildman–Crippen MR) is 75.5 cm³/mol. The van der Waals surface area contributed by atoms with Gasteiger partial charge in [0.1, 0.15) is 5.75 Å². The molecular weight excluding hydrogens is 258 g/mol. The van der Waals surface area contributed by atoms with Gasteiger partial charge in [0, 0.05) is 24.5 Å². The van der Waals surface area contributed by atoms with Crippen molar-refractivity contribution >= 4 is 23.6 Å². The Bertz CT molecular complexity index is 563. The van der Waals surface area contributed by atoms with Gasteiger partial charge < -0.3 is 14.8 Å². The number of carbonyl (C=O) groups excluding carboxylic acids is 2. The molecule has 0 fully saturated rings. The number of esters is 1. The molecule has 0 aliphatic carbocycles. The number of hydrogen-bond donors (Lipinski definition) is 1. The van der Waals surface area contributed by atoms with E-state index in [1.807, 2.05) is 6.07 Å². The maximum absolute atomic E-state index is 11.8. The van der Waals surface area contributed by atoms with Crippen LogP contribution in [0.15, 0.2) is 23.8 Å². The van der Waals surface area contributed by atoms with Crippen molar-refractivity contribution < 1.29 is 19.1 Å². The summed E-state index contributed by atoms with van der Waals surface area (Å²) in [5.74, 6) is 0.0942. The van der Waals surface area contributed by atoms with Crippen LogP contribution in [0.5, 0.6) is 5.75 Å². The minimum atomic E-state index is -0.325. The fourth-order valence-corrected chi connectivity index (χ4v) is 2.03. The zero-order chi connectivity index (χ0) is 14.5. The maximum Gasteiger partial charge on any atom is 0.334 e. The molecule has 1 aliphatic heterocycles. The molecule has 0 saturated heterocycles. The molecule has 0 aromatic heterocycles. The van der Waals surface area contributed by atoms with Gasteiger partial charge >= 0.3 is 5.97 Å². The van der Waals surface area contributed by atoms with Gasteiger partial charge in [-0.2, -0.15) is 0 Å². The van der Waals surface area contributed by atoms with Gasteiger partial charge in [-0.15, -0.1) is 0 Å². The Labute approximate surface area is 117 Å². The quantitative estimate of drug-likeness (QED) is 0.860. The summed E-state index contributed by atoms with van der Waals surface area (Å²) in [7, 11) is 0. The molecule has 106 valence electrons. The molecule has 1 aliphatic rings. The van der Waals surface area contributed by atoms with E-state index in [0.717, 1.165) is 5.56 Å². The molecule has 0 unspecified atom stereocenters. The monoisotopic (exact) mass is 275 g/mol. The van der Waals surface area contributed by atoms with Gasteiger partial charge in [0.05, 0.1) is 18.9 Å². The first-order valence-corrected chi connectivity index (χ1v) is 6.53. The second kappa shape index (κ2) is 6.23. The second-order valence-corrected chi connectivity index (χ2v) is 4.39. The van der Waals surface area contributed by atoms with Crippen LogP contribution in [0.25, 0.3) is 6.08 Å². The van der Waals surface area contributed by atoms with Crippen molar-refractivity contribution in [1.29, 1.82) is 0 Å². The molecule has 5 nitrogen and oxygen atoms in total. The van der Waals surface area contributed by atoms with Gasteiger partial charge in [-0.1, -0.05) is 12.1 Å². The average molecular weight is 275 g/mol. The number of fused-ring (bicyclic) bond motifs is 1. The molecule has 0 bridgehead atoms. The number of carbonyl (C=O) groups is 2. The third-order valence-corrected chi connectivity index (χ3v) is 2.84. The summed E-state index contributed by atoms with van der Waals surface area (Å²) in [5.41, 5.74) is 1.94. The molecule has 1 N–H and O–H groups in total. The molecule has 1 aromatic carbocycles. The molecular formula is C15H17NO4. The molecule has 20 heavy (non-hydrogen) atoms. The smallest absolute Gasteiger partial charge is 0.334 e. The molecule has 0 spiro atoms. The van der Waals surface area contributed by atoms with E-state index in [9.17, 15) is 9.59 Å². The minimum absolute atomic E-state index is 0.166. The molecule has 0 saturated carbocycles. The fraction of sp³-hybridized carbons (Fsp3) is 0.333. The van der Waals surface area contributed by atoms with Crippen molar-refractivity contribution in [2.24, 2.45) is 0 Å². The summed E-state index contributed by atoms with van der Waals surface area (Å²) in [4.78, 5) is 23.0. The van der Waals surface area contributed by atoms with E-state index in [1.165, 1.54) is 6.92 Å².